The van der Waals surface area contributed by atoms with Gasteiger partial charge in [-0.2, -0.15) is 0 Å². The lowest BCUT2D eigenvalue weighted by atomic mass is 10.0. The van der Waals surface area contributed by atoms with Crippen molar-refractivity contribution in [3.63, 3.8) is 0 Å². The van der Waals surface area contributed by atoms with Crippen LogP contribution in [0.5, 0.6) is 0 Å². The number of amides is 1. The highest BCUT2D eigenvalue weighted by Gasteiger charge is 2.32. The molecule has 0 bridgehead atoms. The van der Waals surface area contributed by atoms with Gasteiger partial charge in [0.05, 0.1) is 0 Å². The molecule has 2 N–H and O–H groups in total. The molecule has 4 heteroatoms. The smallest absolute Gasteiger partial charge is 0.253 e. The van der Waals surface area contributed by atoms with E-state index in [0.717, 1.165) is 51.0 Å². The zero-order chi connectivity index (χ0) is 14.8. The molecule has 2 aliphatic heterocycles. The summed E-state index contributed by atoms with van der Waals surface area (Å²) >= 11 is 0. The molecule has 0 spiro atoms. The molecule has 2 saturated heterocycles. The Balaban J connectivity index is 1.59. The van der Waals surface area contributed by atoms with Crippen molar-refractivity contribution in [2.75, 3.05) is 26.2 Å². The molecule has 4 nitrogen and oxygen atoms in total. The van der Waals surface area contributed by atoms with Crippen molar-refractivity contribution >= 4 is 5.91 Å². The quantitative estimate of drug-likeness (QED) is 0.899. The summed E-state index contributed by atoms with van der Waals surface area (Å²) in [6.45, 7) is 5.94. The second-order valence-electron chi connectivity index (χ2n) is 6.43. The van der Waals surface area contributed by atoms with E-state index in [4.69, 9.17) is 5.73 Å². The van der Waals surface area contributed by atoms with Crippen molar-refractivity contribution in [3.05, 3.63) is 35.4 Å². The fourth-order valence-corrected chi connectivity index (χ4v) is 3.39. The number of likely N-dealkylation sites (tertiary alicyclic amines) is 2. The van der Waals surface area contributed by atoms with Gasteiger partial charge in [0.15, 0.2) is 0 Å². The highest BCUT2D eigenvalue weighted by atomic mass is 16.2. The molecule has 2 fully saturated rings. The molecule has 0 saturated carbocycles. The third kappa shape index (κ3) is 3.27. The van der Waals surface area contributed by atoms with Crippen LogP contribution in [0.2, 0.25) is 0 Å². The number of hydrogen-bond acceptors (Lipinski definition) is 3. The van der Waals surface area contributed by atoms with E-state index in [0.29, 0.717) is 12.1 Å². The van der Waals surface area contributed by atoms with Gasteiger partial charge in [-0.15, -0.1) is 0 Å². The fraction of sp³-hybridized carbons (Fsp3) is 0.588. The molecule has 3 rings (SSSR count). The van der Waals surface area contributed by atoms with Gasteiger partial charge in [-0.3, -0.25) is 9.69 Å². The molecule has 0 aliphatic carbocycles. The van der Waals surface area contributed by atoms with Crippen molar-refractivity contribution in [2.45, 2.75) is 38.3 Å². The SMILES string of the molecule is Cc1ccc(C(=O)N2CCC(N3CCC(N)CC3)C2)cc1. The van der Waals surface area contributed by atoms with Gasteiger partial charge in [-0.05, 0) is 51.4 Å². The van der Waals surface area contributed by atoms with Gasteiger partial charge in [0.1, 0.15) is 0 Å². The summed E-state index contributed by atoms with van der Waals surface area (Å²) in [5.74, 6) is 0.172. The van der Waals surface area contributed by atoms with Gasteiger partial charge < -0.3 is 10.6 Å². The highest BCUT2D eigenvalue weighted by Crippen LogP contribution is 2.21. The minimum Gasteiger partial charge on any atom is -0.337 e. The fourth-order valence-electron chi connectivity index (χ4n) is 3.39. The Hall–Kier alpha value is -1.39. The zero-order valence-corrected chi connectivity index (χ0v) is 12.8. The Bertz CT molecular complexity index is 491. The summed E-state index contributed by atoms with van der Waals surface area (Å²) in [6.07, 6.45) is 3.26. The second-order valence-corrected chi connectivity index (χ2v) is 6.43. The van der Waals surface area contributed by atoms with E-state index in [1.807, 2.05) is 36.1 Å². The molecule has 1 aromatic rings. The van der Waals surface area contributed by atoms with Crippen LogP contribution in [0, 0.1) is 6.92 Å². The number of carbonyl (C=O) groups is 1. The predicted octanol–water partition coefficient (Wildman–Crippen LogP) is 1.63. The summed E-state index contributed by atoms with van der Waals surface area (Å²) in [7, 11) is 0. The van der Waals surface area contributed by atoms with Gasteiger partial charge in [-0.1, -0.05) is 17.7 Å². The maximum atomic E-state index is 12.5. The van der Waals surface area contributed by atoms with E-state index < -0.39 is 0 Å². The lowest BCUT2D eigenvalue weighted by Crippen LogP contribution is -2.46. The molecule has 21 heavy (non-hydrogen) atoms. The Kier molecular flexibility index (Phi) is 4.27. The first-order valence-electron chi connectivity index (χ1n) is 7.99. The van der Waals surface area contributed by atoms with E-state index in [1.54, 1.807) is 0 Å². The van der Waals surface area contributed by atoms with Gasteiger partial charge in [-0.25, -0.2) is 0 Å². The summed E-state index contributed by atoms with van der Waals surface area (Å²) in [5.41, 5.74) is 7.97. The summed E-state index contributed by atoms with van der Waals surface area (Å²) in [4.78, 5) is 17.0. The predicted molar refractivity (Wildman–Crippen MR) is 84.3 cm³/mol. The first-order chi connectivity index (χ1) is 10.1. The summed E-state index contributed by atoms with van der Waals surface area (Å²) in [5, 5.41) is 0. The monoisotopic (exact) mass is 287 g/mol. The van der Waals surface area contributed by atoms with Crippen molar-refractivity contribution in [2.24, 2.45) is 5.73 Å². The van der Waals surface area contributed by atoms with Gasteiger partial charge in [0, 0.05) is 30.7 Å². The molecule has 1 aromatic carbocycles. The molecule has 2 heterocycles. The highest BCUT2D eigenvalue weighted by molar-refractivity contribution is 5.94. The minimum atomic E-state index is 0.172. The standard InChI is InChI=1S/C17H25N3O/c1-13-2-4-14(5-3-13)17(21)20-11-8-16(12-20)19-9-6-15(18)7-10-19/h2-5,15-16H,6-12,18H2,1H3. The molecule has 0 radical (unpaired) electrons. The molecule has 114 valence electrons. The van der Waals surface area contributed by atoms with E-state index in [1.165, 1.54) is 5.56 Å². The average Bonchev–Trinajstić information content (AvgIpc) is 2.98. The lowest BCUT2D eigenvalue weighted by Gasteiger charge is -2.34. The maximum absolute atomic E-state index is 12.5. The molecule has 1 atom stereocenters. The van der Waals surface area contributed by atoms with Gasteiger partial charge in [0.2, 0.25) is 0 Å². The van der Waals surface area contributed by atoms with Crippen molar-refractivity contribution in [1.82, 2.24) is 9.80 Å². The summed E-state index contributed by atoms with van der Waals surface area (Å²) in [6, 6.07) is 8.77. The minimum absolute atomic E-state index is 0.172. The van der Waals surface area contributed by atoms with Crippen LogP contribution < -0.4 is 5.73 Å². The molecular weight excluding hydrogens is 262 g/mol. The van der Waals surface area contributed by atoms with Gasteiger partial charge >= 0.3 is 0 Å². The molecule has 0 aromatic heterocycles. The van der Waals surface area contributed by atoms with Crippen LogP contribution in [0.15, 0.2) is 24.3 Å². The van der Waals surface area contributed by atoms with Crippen LogP contribution in [0.3, 0.4) is 0 Å². The second kappa shape index (κ2) is 6.16. The summed E-state index contributed by atoms with van der Waals surface area (Å²) < 4.78 is 0. The van der Waals surface area contributed by atoms with Crippen molar-refractivity contribution in [1.29, 1.82) is 0 Å². The molecule has 2 aliphatic rings. The van der Waals surface area contributed by atoms with Crippen molar-refractivity contribution in [3.8, 4) is 0 Å². The number of rotatable bonds is 2. The van der Waals surface area contributed by atoms with Crippen LogP contribution in [0.4, 0.5) is 0 Å². The first kappa shape index (κ1) is 14.5. The van der Waals surface area contributed by atoms with E-state index >= 15 is 0 Å². The lowest BCUT2D eigenvalue weighted by molar-refractivity contribution is 0.0769. The Morgan fingerprint density at radius 2 is 1.76 bits per heavy atom. The number of piperidine rings is 1. The number of nitrogens with zero attached hydrogens (tertiary/aromatic N) is 2. The zero-order valence-electron chi connectivity index (χ0n) is 12.8. The van der Waals surface area contributed by atoms with Crippen LogP contribution in [-0.4, -0.2) is 54.0 Å². The Morgan fingerprint density at radius 1 is 1.10 bits per heavy atom. The maximum Gasteiger partial charge on any atom is 0.253 e. The largest absolute Gasteiger partial charge is 0.337 e. The number of carbonyl (C=O) groups excluding carboxylic acids is 1. The third-order valence-electron chi connectivity index (χ3n) is 4.84. The Labute approximate surface area is 126 Å². The molecule has 1 unspecified atom stereocenters. The van der Waals surface area contributed by atoms with E-state index in [-0.39, 0.29) is 5.91 Å². The average molecular weight is 287 g/mol. The van der Waals surface area contributed by atoms with E-state index in [2.05, 4.69) is 4.90 Å². The Morgan fingerprint density at radius 3 is 2.43 bits per heavy atom. The van der Waals surface area contributed by atoms with Crippen LogP contribution in [0.1, 0.15) is 35.2 Å². The van der Waals surface area contributed by atoms with Crippen LogP contribution >= 0.6 is 0 Å². The topological polar surface area (TPSA) is 49.6 Å². The number of benzene rings is 1. The van der Waals surface area contributed by atoms with Crippen LogP contribution in [0.25, 0.3) is 0 Å². The normalized spacial score (nSPS) is 24.5. The third-order valence-corrected chi connectivity index (χ3v) is 4.84. The number of aryl methyl sites for hydroxylation is 1. The van der Waals surface area contributed by atoms with E-state index in [9.17, 15) is 4.79 Å². The first-order valence-corrected chi connectivity index (χ1v) is 7.99. The van der Waals surface area contributed by atoms with Crippen LogP contribution in [-0.2, 0) is 0 Å². The molecule has 1 amide bonds. The van der Waals surface area contributed by atoms with Gasteiger partial charge in [0.25, 0.3) is 5.91 Å². The number of nitrogens with two attached hydrogens (primary N) is 1. The molecular formula is C17H25N3O. The van der Waals surface area contributed by atoms with Crippen molar-refractivity contribution < 1.29 is 4.79 Å². The number of hydrogen-bond donors (Lipinski definition) is 1.